The van der Waals surface area contributed by atoms with Crippen molar-refractivity contribution in [3.8, 4) is 0 Å². The number of oxazole rings is 1. The molecule has 15 heavy (non-hydrogen) atoms. The zero-order chi connectivity index (χ0) is 10.1. The van der Waals surface area contributed by atoms with E-state index < -0.39 is 0 Å². The summed E-state index contributed by atoms with van der Waals surface area (Å²) in [5.41, 5.74) is 2.52. The van der Waals surface area contributed by atoms with Gasteiger partial charge in [-0.05, 0) is 18.1 Å². The van der Waals surface area contributed by atoms with Gasteiger partial charge in [-0.2, -0.15) is 0 Å². The van der Waals surface area contributed by atoms with Gasteiger partial charge >= 0.3 is 0 Å². The minimum absolute atomic E-state index is 0.352. The van der Waals surface area contributed by atoms with Gasteiger partial charge in [-0.15, -0.1) is 0 Å². The van der Waals surface area contributed by atoms with E-state index in [1.54, 1.807) is 0 Å². The topological polar surface area (TPSA) is 38.1 Å². The number of hydrogen-bond donors (Lipinski definition) is 1. The predicted octanol–water partition coefficient (Wildman–Crippen LogP) is 2.62. The summed E-state index contributed by atoms with van der Waals surface area (Å²) in [6.07, 6.45) is 4.37. The molecule has 1 N–H and O–H groups in total. The molecule has 1 atom stereocenters. The molecule has 2 heterocycles. The van der Waals surface area contributed by atoms with E-state index in [2.05, 4.69) is 34.6 Å². The van der Waals surface area contributed by atoms with E-state index in [0.717, 1.165) is 18.7 Å². The quantitative estimate of drug-likeness (QED) is 0.769. The smallest absolute Gasteiger partial charge is 0.180 e. The fourth-order valence-electron chi connectivity index (χ4n) is 2.16. The van der Waals surface area contributed by atoms with Crippen molar-refractivity contribution in [3.63, 3.8) is 0 Å². The average molecular weight is 200 g/mol. The zero-order valence-corrected chi connectivity index (χ0v) is 8.31. The SMILES string of the molecule is c1ccc2c(c1)NCCC2c1cnco1. The van der Waals surface area contributed by atoms with Crippen molar-refractivity contribution in [2.75, 3.05) is 11.9 Å². The van der Waals surface area contributed by atoms with Gasteiger partial charge in [0, 0.05) is 18.2 Å². The molecule has 1 aromatic carbocycles. The fraction of sp³-hybridized carbons (Fsp3) is 0.250. The highest BCUT2D eigenvalue weighted by Crippen LogP contribution is 2.35. The van der Waals surface area contributed by atoms with Crippen molar-refractivity contribution in [1.29, 1.82) is 0 Å². The highest BCUT2D eigenvalue weighted by Gasteiger charge is 2.23. The molecule has 0 bridgehead atoms. The van der Waals surface area contributed by atoms with Gasteiger partial charge in [-0.3, -0.25) is 0 Å². The van der Waals surface area contributed by atoms with E-state index in [1.165, 1.54) is 17.6 Å². The van der Waals surface area contributed by atoms with Crippen LogP contribution in [-0.2, 0) is 0 Å². The lowest BCUT2D eigenvalue weighted by molar-refractivity contribution is 0.470. The van der Waals surface area contributed by atoms with Crippen LogP contribution in [0, 0.1) is 0 Å². The Morgan fingerprint density at radius 3 is 3.13 bits per heavy atom. The minimum Gasteiger partial charge on any atom is -0.448 e. The number of aromatic nitrogens is 1. The molecule has 3 heteroatoms. The van der Waals surface area contributed by atoms with Gasteiger partial charge in [-0.25, -0.2) is 4.98 Å². The van der Waals surface area contributed by atoms with Crippen LogP contribution in [0.25, 0.3) is 0 Å². The Morgan fingerprint density at radius 2 is 2.27 bits per heavy atom. The molecule has 1 aliphatic rings. The molecule has 0 saturated carbocycles. The summed E-state index contributed by atoms with van der Waals surface area (Å²) >= 11 is 0. The Hall–Kier alpha value is -1.77. The molecule has 0 saturated heterocycles. The molecule has 3 nitrogen and oxygen atoms in total. The number of fused-ring (bicyclic) bond motifs is 1. The summed E-state index contributed by atoms with van der Waals surface area (Å²) in [7, 11) is 0. The lowest BCUT2D eigenvalue weighted by atomic mass is 9.89. The minimum atomic E-state index is 0.352. The molecule has 0 fully saturated rings. The number of hydrogen-bond acceptors (Lipinski definition) is 3. The molecule has 0 aliphatic carbocycles. The van der Waals surface area contributed by atoms with E-state index in [0.29, 0.717) is 5.92 Å². The van der Waals surface area contributed by atoms with Crippen LogP contribution in [-0.4, -0.2) is 11.5 Å². The fourth-order valence-corrected chi connectivity index (χ4v) is 2.16. The van der Waals surface area contributed by atoms with Gasteiger partial charge in [-0.1, -0.05) is 18.2 Å². The molecule has 1 aromatic heterocycles. The van der Waals surface area contributed by atoms with Crippen molar-refractivity contribution >= 4 is 5.69 Å². The van der Waals surface area contributed by atoms with Crippen LogP contribution in [0.4, 0.5) is 5.69 Å². The third kappa shape index (κ3) is 1.40. The van der Waals surface area contributed by atoms with Crippen molar-refractivity contribution in [1.82, 2.24) is 4.98 Å². The van der Waals surface area contributed by atoms with Gasteiger partial charge < -0.3 is 9.73 Å². The summed E-state index contributed by atoms with van der Waals surface area (Å²) < 4.78 is 5.39. The molecule has 2 aromatic rings. The Balaban J connectivity index is 2.06. The van der Waals surface area contributed by atoms with Crippen LogP contribution in [0.2, 0.25) is 0 Å². The number of anilines is 1. The molecular formula is C12H12N2O. The Labute approximate surface area is 88.1 Å². The first kappa shape index (κ1) is 8.53. The molecule has 0 amide bonds. The Kier molecular flexibility index (Phi) is 1.95. The van der Waals surface area contributed by atoms with Crippen LogP contribution in [0.5, 0.6) is 0 Å². The third-order valence-electron chi connectivity index (χ3n) is 2.88. The molecule has 0 radical (unpaired) electrons. The van der Waals surface area contributed by atoms with Crippen LogP contribution < -0.4 is 5.32 Å². The maximum atomic E-state index is 5.39. The lowest BCUT2D eigenvalue weighted by Crippen LogP contribution is -2.16. The first-order valence-electron chi connectivity index (χ1n) is 5.16. The number of benzene rings is 1. The van der Waals surface area contributed by atoms with Crippen molar-refractivity contribution in [2.45, 2.75) is 12.3 Å². The van der Waals surface area contributed by atoms with E-state index >= 15 is 0 Å². The molecular weight excluding hydrogens is 188 g/mol. The summed E-state index contributed by atoms with van der Waals surface area (Å²) in [5.74, 6) is 1.31. The van der Waals surface area contributed by atoms with Gasteiger partial charge in [0.2, 0.25) is 0 Å². The zero-order valence-electron chi connectivity index (χ0n) is 8.31. The lowest BCUT2D eigenvalue weighted by Gasteiger charge is -2.24. The van der Waals surface area contributed by atoms with E-state index in [4.69, 9.17) is 4.42 Å². The Morgan fingerprint density at radius 1 is 1.33 bits per heavy atom. The summed E-state index contributed by atoms with van der Waals surface area (Å²) in [6.45, 7) is 0.988. The number of para-hydroxylation sites is 1. The molecule has 1 unspecified atom stereocenters. The van der Waals surface area contributed by atoms with Gasteiger partial charge in [0.1, 0.15) is 5.76 Å². The first-order chi connectivity index (χ1) is 7.45. The Bertz CT molecular complexity index is 450. The third-order valence-corrected chi connectivity index (χ3v) is 2.88. The molecule has 0 spiro atoms. The summed E-state index contributed by atoms with van der Waals surface area (Å²) in [5, 5.41) is 3.39. The normalized spacial score (nSPS) is 19.3. The van der Waals surface area contributed by atoms with Gasteiger partial charge in [0.25, 0.3) is 0 Å². The first-order valence-corrected chi connectivity index (χ1v) is 5.16. The van der Waals surface area contributed by atoms with Crippen molar-refractivity contribution in [3.05, 3.63) is 48.2 Å². The van der Waals surface area contributed by atoms with E-state index in [-0.39, 0.29) is 0 Å². The maximum Gasteiger partial charge on any atom is 0.180 e. The second-order valence-corrected chi connectivity index (χ2v) is 3.76. The average Bonchev–Trinajstić information content (AvgIpc) is 2.82. The summed E-state index contributed by atoms with van der Waals surface area (Å²) in [6, 6.07) is 8.37. The number of nitrogens with zero attached hydrogens (tertiary/aromatic N) is 1. The highest BCUT2D eigenvalue weighted by atomic mass is 16.3. The van der Waals surface area contributed by atoms with Gasteiger partial charge in [0.15, 0.2) is 6.39 Å². The van der Waals surface area contributed by atoms with Crippen LogP contribution in [0.3, 0.4) is 0 Å². The highest BCUT2D eigenvalue weighted by molar-refractivity contribution is 5.56. The number of nitrogens with one attached hydrogen (secondary N) is 1. The standard InChI is InChI=1S/C12H12N2O/c1-2-4-11-9(3-1)10(5-6-14-11)12-7-13-8-15-12/h1-4,7-8,10,14H,5-6H2. The maximum absolute atomic E-state index is 5.39. The van der Waals surface area contributed by atoms with E-state index in [9.17, 15) is 0 Å². The van der Waals surface area contributed by atoms with Crippen LogP contribution in [0.1, 0.15) is 23.7 Å². The molecule has 3 rings (SSSR count). The number of rotatable bonds is 1. The summed E-state index contributed by atoms with van der Waals surface area (Å²) in [4.78, 5) is 3.98. The molecule has 76 valence electrons. The van der Waals surface area contributed by atoms with Crippen molar-refractivity contribution in [2.24, 2.45) is 0 Å². The van der Waals surface area contributed by atoms with E-state index in [1.807, 2.05) is 6.20 Å². The van der Waals surface area contributed by atoms with Crippen molar-refractivity contribution < 1.29 is 4.42 Å². The predicted molar refractivity (Wildman–Crippen MR) is 57.9 cm³/mol. The second kappa shape index (κ2) is 3.42. The second-order valence-electron chi connectivity index (χ2n) is 3.76. The van der Waals surface area contributed by atoms with Crippen LogP contribution >= 0.6 is 0 Å². The largest absolute Gasteiger partial charge is 0.448 e. The monoisotopic (exact) mass is 200 g/mol. The van der Waals surface area contributed by atoms with Gasteiger partial charge in [0.05, 0.1) is 6.20 Å². The van der Waals surface area contributed by atoms with Crippen LogP contribution in [0.15, 0.2) is 41.3 Å². The molecule has 1 aliphatic heterocycles.